The van der Waals surface area contributed by atoms with Crippen LogP contribution < -0.4 is 5.32 Å². The van der Waals surface area contributed by atoms with E-state index in [4.69, 9.17) is 9.84 Å². The Morgan fingerprint density at radius 1 is 1.28 bits per heavy atom. The van der Waals surface area contributed by atoms with Crippen molar-refractivity contribution in [1.82, 2.24) is 5.32 Å². The van der Waals surface area contributed by atoms with Gasteiger partial charge in [0.05, 0.1) is 6.61 Å². The summed E-state index contributed by atoms with van der Waals surface area (Å²) in [5.74, 6) is -0.847. The minimum atomic E-state index is -0.304. The number of aromatic hydroxyl groups is 2. The molecule has 0 aromatic heterocycles. The van der Waals surface area contributed by atoms with Crippen molar-refractivity contribution in [3.8, 4) is 11.5 Å². The summed E-state index contributed by atoms with van der Waals surface area (Å²) in [7, 11) is 0. The largest absolute Gasteiger partial charge is 0.504 e. The summed E-state index contributed by atoms with van der Waals surface area (Å²) in [6, 6.07) is 3.95. The van der Waals surface area contributed by atoms with Crippen molar-refractivity contribution in [2.75, 3.05) is 19.8 Å². The molecule has 0 atom stereocenters. The molecule has 1 rings (SSSR count). The Morgan fingerprint density at radius 2 is 2.06 bits per heavy atom. The smallest absolute Gasteiger partial charge is 0.251 e. The number of phenols is 2. The Morgan fingerprint density at radius 3 is 2.72 bits per heavy atom. The molecule has 0 fully saturated rings. The van der Waals surface area contributed by atoms with Gasteiger partial charge in [-0.3, -0.25) is 4.79 Å². The molecule has 0 aliphatic heterocycles. The Kier molecular flexibility index (Phi) is 6.00. The number of carbonyl (C=O) groups excluding carboxylic acids is 1. The lowest BCUT2D eigenvalue weighted by molar-refractivity contribution is 0.0912. The second-order valence-corrected chi connectivity index (χ2v) is 3.93. The monoisotopic (exact) mass is 253 g/mol. The van der Waals surface area contributed by atoms with E-state index in [9.17, 15) is 9.90 Å². The van der Waals surface area contributed by atoms with Gasteiger partial charge in [-0.25, -0.2) is 0 Å². The summed E-state index contributed by atoms with van der Waals surface area (Å²) in [4.78, 5) is 11.6. The van der Waals surface area contributed by atoms with Gasteiger partial charge in [0.1, 0.15) is 0 Å². The fraction of sp³-hybridized carbons (Fsp3) is 0.462. The van der Waals surface area contributed by atoms with Crippen LogP contribution in [0.4, 0.5) is 0 Å². The molecular weight excluding hydrogens is 234 g/mol. The van der Waals surface area contributed by atoms with Crippen LogP contribution in [0.3, 0.4) is 0 Å². The van der Waals surface area contributed by atoms with Crippen LogP contribution in [0.5, 0.6) is 11.5 Å². The van der Waals surface area contributed by atoms with Gasteiger partial charge in [0.15, 0.2) is 11.5 Å². The number of unbranched alkanes of at least 4 members (excludes halogenated alkanes) is 1. The fourth-order valence-corrected chi connectivity index (χ4v) is 1.35. The van der Waals surface area contributed by atoms with Gasteiger partial charge in [-0.1, -0.05) is 13.3 Å². The second kappa shape index (κ2) is 7.55. The maximum absolute atomic E-state index is 11.6. The van der Waals surface area contributed by atoms with Crippen LogP contribution in [0.2, 0.25) is 0 Å². The Labute approximate surface area is 106 Å². The van der Waals surface area contributed by atoms with Crippen LogP contribution >= 0.6 is 0 Å². The van der Waals surface area contributed by atoms with Crippen molar-refractivity contribution in [3.63, 3.8) is 0 Å². The first-order valence-corrected chi connectivity index (χ1v) is 6.03. The topological polar surface area (TPSA) is 78.8 Å². The molecule has 0 aliphatic rings. The first kappa shape index (κ1) is 14.3. The highest BCUT2D eigenvalue weighted by molar-refractivity contribution is 5.94. The summed E-state index contributed by atoms with van der Waals surface area (Å²) in [5, 5.41) is 21.0. The van der Waals surface area contributed by atoms with Gasteiger partial charge in [0.2, 0.25) is 0 Å². The first-order chi connectivity index (χ1) is 8.65. The summed E-state index contributed by atoms with van der Waals surface area (Å²) in [5.41, 5.74) is 0.304. The quantitative estimate of drug-likeness (QED) is 0.510. The van der Waals surface area contributed by atoms with E-state index in [2.05, 4.69) is 12.2 Å². The Balaban J connectivity index is 2.30. The second-order valence-electron chi connectivity index (χ2n) is 3.93. The van der Waals surface area contributed by atoms with Crippen LogP contribution in [0.15, 0.2) is 18.2 Å². The molecule has 0 radical (unpaired) electrons. The van der Waals surface area contributed by atoms with Crippen molar-refractivity contribution in [1.29, 1.82) is 0 Å². The van der Waals surface area contributed by atoms with Gasteiger partial charge >= 0.3 is 0 Å². The summed E-state index contributed by atoms with van der Waals surface area (Å²) in [6.45, 7) is 3.68. The van der Waals surface area contributed by atoms with E-state index >= 15 is 0 Å². The third kappa shape index (κ3) is 4.63. The molecule has 1 amide bonds. The maximum atomic E-state index is 11.6. The fourth-order valence-electron chi connectivity index (χ4n) is 1.35. The van der Waals surface area contributed by atoms with E-state index in [0.29, 0.717) is 25.3 Å². The Hall–Kier alpha value is -1.75. The highest BCUT2D eigenvalue weighted by atomic mass is 16.5. The summed E-state index contributed by atoms with van der Waals surface area (Å²) >= 11 is 0. The summed E-state index contributed by atoms with van der Waals surface area (Å²) in [6.07, 6.45) is 2.10. The predicted octanol–water partition coefficient (Wildman–Crippen LogP) is 1.64. The van der Waals surface area contributed by atoms with Crippen LogP contribution in [-0.4, -0.2) is 35.9 Å². The number of nitrogens with one attached hydrogen (secondary N) is 1. The molecule has 1 aromatic carbocycles. The molecule has 1 aromatic rings. The minimum absolute atomic E-state index is 0.241. The minimum Gasteiger partial charge on any atom is -0.504 e. The number of amides is 1. The molecule has 0 bridgehead atoms. The molecule has 18 heavy (non-hydrogen) atoms. The molecule has 5 heteroatoms. The van der Waals surface area contributed by atoms with E-state index in [0.717, 1.165) is 12.8 Å². The van der Waals surface area contributed by atoms with E-state index in [-0.39, 0.29) is 17.4 Å². The number of hydrogen-bond acceptors (Lipinski definition) is 4. The van der Waals surface area contributed by atoms with Crippen LogP contribution in [0, 0.1) is 0 Å². The molecule has 100 valence electrons. The molecule has 0 saturated carbocycles. The molecule has 0 unspecified atom stereocenters. The van der Waals surface area contributed by atoms with Gasteiger partial charge < -0.3 is 20.3 Å². The third-order valence-corrected chi connectivity index (χ3v) is 2.41. The van der Waals surface area contributed by atoms with Crippen molar-refractivity contribution in [2.24, 2.45) is 0 Å². The first-order valence-electron chi connectivity index (χ1n) is 6.03. The lowest BCUT2D eigenvalue weighted by atomic mass is 10.2. The van der Waals surface area contributed by atoms with Gasteiger partial charge in [-0.2, -0.15) is 0 Å². The third-order valence-electron chi connectivity index (χ3n) is 2.41. The number of phenolic OH excluding ortho intramolecular Hbond substituents is 2. The molecule has 0 saturated heterocycles. The maximum Gasteiger partial charge on any atom is 0.251 e. The van der Waals surface area contributed by atoms with Crippen molar-refractivity contribution in [2.45, 2.75) is 19.8 Å². The van der Waals surface area contributed by atoms with Gasteiger partial charge in [0, 0.05) is 18.7 Å². The number of carbonyl (C=O) groups is 1. The summed E-state index contributed by atoms with van der Waals surface area (Å²) < 4.78 is 5.30. The van der Waals surface area contributed by atoms with Crippen molar-refractivity contribution in [3.05, 3.63) is 23.8 Å². The van der Waals surface area contributed by atoms with Crippen molar-refractivity contribution >= 4 is 5.91 Å². The molecular formula is C13H19NO4. The zero-order chi connectivity index (χ0) is 13.4. The van der Waals surface area contributed by atoms with Gasteiger partial charge in [-0.05, 0) is 24.6 Å². The molecule has 3 N–H and O–H groups in total. The molecule has 0 aliphatic carbocycles. The normalized spacial score (nSPS) is 10.3. The van der Waals surface area contributed by atoms with E-state index in [1.165, 1.54) is 18.2 Å². The van der Waals surface area contributed by atoms with Crippen LogP contribution in [-0.2, 0) is 4.74 Å². The zero-order valence-electron chi connectivity index (χ0n) is 10.5. The molecule has 0 spiro atoms. The lowest BCUT2D eigenvalue weighted by Gasteiger charge is -2.07. The van der Waals surface area contributed by atoms with E-state index < -0.39 is 0 Å². The average Bonchev–Trinajstić information content (AvgIpc) is 2.36. The number of benzene rings is 1. The molecule has 0 heterocycles. The van der Waals surface area contributed by atoms with Gasteiger partial charge in [0.25, 0.3) is 5.91 Å². The van der Waals surface area contributed by atoms with E-state index in [1.807, 2.05) is 0 Å². The number of ether oxygens (including phenoxy) is 1. The standard InChI is InChI=1S/C13H19NO4/c1-2-3-7-18-8-6-14-13(17)10-4-5-11(15)12(16)9-10/h4-5,9,15-16H,2-3,6-8H2,1H3,(H,14,17). The van der Waals surface area contributed by atoms with Crippen molar-refractivity contribution < 1.29 is 19.7 Å². The predicted molar refractivity (Wildman–Crippen MR) is 67.8 cm³/mol. The SMILES string of the molecule is CCCCOCCNC(=O)c1ccc(O)c(O)c1. The van der Waals surface area contributed by atoms with Crippen LogP contribution in [0.1, 0.15) is 30.1 Å². The highest BCUT2D eigenvalue weighted by Crippen LogP contribution is 2.24. The zero-order valence-corrected chi connectivity index (χ0v) is 10.5. The van der Waals surface area contributed by atoms with Gasteiger partial charge in [-0.15, -0.1) is 0 Å². The van der Waals surface area contributed by atoms with E-state index in [1.54, 1.807) is 0 Å². The lowest BCUT2D eigenvalue weighted by Crippen LogP contribution is -2.27. The van der Waals surface area contributed by atoms with Crippen LogP contribution in [0.25, 0.3) is 0 Å². The highest BCUT2D eigenvalue weighted by Gasteiger charge is 2.07. The number of rotatable bonds is 7. The molecule has 5 nitrogen and oxygen atoms in total. The Bertz CT molecular complexity index is 393. The average molecular weight is 253 g/mol. The number of hydrogen-bond donors (Lipinski definition) is 3.